The number of carbonyl (C=O) groups is 2. The minimum atomic E-state index is -0.456. The number of nitrogens with one attached hydrogen (secondary N) is 1. The molecule has 0 aliphatic rings. The van der Waals surface area contributed by atoms with Crippen molar-refractivity contribution in [2.45, 2.75) is 13.8 Å². The number of ether oxygens (including phenoxy) is 1. The first-order chi connectivity index (χ1) is 10.4. The van der Waals surface area contributed by atoms with Crippen molar-refractivity contribution < 1.29 is 14.3 Å². The average Bonchev–Trinajstić information content (AvgIpc) is 2.79. The predicted octanol–water partition coefficient (Wildman–Crippen LogP) is 4.19. The molecule has 1 N–H and O–H groups in total. The molecular weight excluding hydrogens is 347 g/mol. The summed E-state index contributed by atoms with van der Waals surface area (Å²) in [7, 11) is 0. The van der Waals surface area contributed by atoms with Crippen LogP contribution in [0.2, 0.25) is 10.0 Å². The molecule has 22 heavy (non-hydrogen) atoms. The minimum Gasteiger partial charge on any atom is -0.462 e. The van der Waals surface area contributed by atoms with Crippen LogP contribution >= 0.6 is 34.5 Å². The first-order valence-corrected chi connectivity index (χ1v) is 7.90. The number of hydrogen-bond acceptors (Lipinski definition) is 5. The highest BCUT2D eigenvalue weighted by atomic mass is 35.5. The summed E-state index contributed by atoms with van der Waals surface area (Å²) in [5, 5.41) is 3.59. The van der Waals surface area contributed by atoms with Crippen molar-refractivity contribution in [2.24, 2.45) is 0 Å². The summed E-state index contributed by atoms with van der Waals surface area (Å²) >= 11 is 12.8. The third kappa shape index (κ3) is 3.76. The Labute approximate surface area is 141 Å². The molecule has 0 unspecified atom stereocenters. The number of halogens is 2. The van der Waals surface area contributed by atoms with Crippen LogP contribution in [0.25, 0.3) is 0 Å². The lowest BCUT2D eigenvalue weighted by molar-refractivity contribution is 0.0531. The summed E-state index contributed by atoms with van der Waals surface area (Å²) in [6, 6.07) is 4.57. The number of rotatable bonds is 4. The zero-order valence-corrected chi connectivity index (χ0v) is 14.1. The molecule has 8 heteroatoms. The summed E-state index contributed by atoms with van der Waals surface area (Å²) in [5.74, 6) is -0.881. The van der Waals surface area contributed by atoms with E-state index in [1.807, 2.05) is 0 Å². The number of aromatic nitrogens is 1. The highest BCUT2D eigenvalue weighted by Crippen LogP contribution is 2.26. The van der Waals surface area contributed by atoms with E-state index in [4.69, 9.17) is 27.9 Å². The normalized spacial score (nSPS) is 10.4. The molecule has 0 aliphatic carbocycles. The van der Waals surface area contributed by atoms with Gasteiger partial charge in [-0.25, -0.2) is 9.78 Å². The highest BCUT2D eigenvalue weighted by molar-refractivity contribution is 7.17. The van der Waals surface area contributed by atoms with E-state index in [1.54, 1.807) is 19.9 Å². The molecular formula is C14H12Cl2N2O3S. The van der Waals surface area contributed by atoms with Crippen LogP contribution in [0, 0.1) is 6.92 Å². The van der Waals surface area contributed by atoms with Crippen molar-refractivity contribution in [3.63, 3.8) is 0 Å². The molecule has 1 amide bonds. The molecule has 116 valence electrons. The van der Waals surface area contributed by atoms with Gasteiger partial charge in [0.2, 0.25) is 0 Å². The Bertz CT molecular complexity index is 731. The SMILES string of the molecule is CCOC(=O)c1sc(NC(=O)c2ccc(Cl)cc2Cl)nc1C. The van der Waals surface area contributed by atoms with Crippen LogP contribution in [-0.4, -0.2) is 23.5 Å². The molecule has 0 bridgehead atoms. The number of nitrogens with zero attached hydrogens (tertiary/aromatic N) is 1. The quantitative estimate of drug-likeness (QED) is 0.832. The Hall–Kier alpha value is -1.63. The fraction of sp³-hybridized carbons (Fsp3) is 0.214. The van der Waals surface area contributed by atoms with Crippen molar-refractivity contribution in [2.75, 3.05) is 11.9 Å². The maximum atomic E-state index is 12.2. The zero-order chi connectivity index (χ0) is 16.3. The van der Waals surface area contributed by atoms with Gasteiger partial charge < -0.3 is 4.74 Å². The van der Waals surface area contributed by atoms with Gasteiger partial charge in [0.15, 0.2) is 5.13 Å². The van der Waals surface area contributed by atoms with E-state index < -0.39 is 11.9 Å². The third-order valence-corrected chi connectivity index (χ3v) is 4.25. The zero-order valence-electron chi connectivity index (χ0n) is 11.8. The number of anilines is 1. The van der Waals surface area contributed by atoms with Crippen LogP contribution in [-0.2, 0) is 4.74 Å². The Morgan fingerprint density at radius 2 is 2.09 bits per heavy atom. The molecule has 0 fully saturated rings. The number of thiazole rings is 1. The fourth-order valence-electron chi connectivity index (χ4n) is 1.67. The van der Waals surface area contributed by atoms with E-state index in [2.05, 4.69) is 10.3 Å². The Balaban J connectivity index is 2.18. The Morgan fingerprint density at radius 1 is 1.36 bits per heavy atom. The monoisotopic (exact) mass is 358 g/mol. The molecule has 1 heterocycles. The van der Waals surface area contributed by atoms with E-state index in [1.165, 1.54) is 12.1 Å². The van der Waals surface area contributed by atoms with Gasteiger partial charge in [0.1, 0.15) is 4.88 Å². The topological polar surface area (TPSA) is 68.3 Å². The van der Waals surface area contributed by atoms with Crippen molar-refractivity contribution >= 4 is 51.5 Å². The molecule has 0 spiro atoms. The van der Waals surface area contributed by atoms with Gasteiger partial charge in [-0.15, -0.1) is 0 Å². The summed E-state index contributed by atoms with van der Waals surface area (Å²) < 4.78 is 4.93. The van der Waals surface area contributed by atoms with Gasteiger partial charge in [-0.05, 0) is 32.0 Å². The maximum absolute atomic E-state index is 12.2. The Kier molecular flexibility index (Phi) is 5.39. The number of carbonyl (C=O) groups excluding carboxylic acids is 2. The van der Waals surface area contributed by atoms with E-state index in [0.29, 0.717) is 20.7 Å². The Morgan fingerprint density at radius 3 is 2.73 bits per heavy atom. The highest BCUT2D eigenvalue weighted by Gasteiger charge is 2.18. The van der Waals surface area contributed by atoms with E-state index in [0.717, 1.165) is 11.3 Å². The first kappa shape index (κ1) is 16.7. The van der Waals surface area contributed by atoms with Gasteiger partial charge in [-0.1, -0.05) is 34.5 Å². The summed E-state index contributed by atoms with van der Waals surface area (Å²) in [5.41, 5.74) is 0.776. The number of benzene rings is 1. The second kappa shape index (κ2) is 7.09. The number of aryl methyl sites for hydroxylation is 1. The van der Waals surface area contributed by atoms with Gasteiger partial charge in [0.05, 0.1) is 22.9 Å². The van der Waals surface area contributed by atoms with Crippen LogP contribution in [0.1, 0.15) is 32.6 Å². The second-order valence-corrected chi connectivity index (χ2v) is 6.08. The van der Waals surface area contributed by atoms with E-state index >= 15 is 0 Å². The molecule has 1 aromatic heterocycles. The van der Waals surface area contributed by atoms with Gasteiger partial charge in [0, 0.05) is 5.02 Å². The molecule has 1 aromatic carbocycles. The third-order valence-electron chi connectivity index (χ3n) is 2.65. The summed E-state index contributed by atoms with van der Waals surface area (Å²) in [4.78, 5) is 28.4. The van der Waals surface area contributed by atoms with Crippen molar-refractivity contribution in [1.29, 1.82) is 0 Å². The maximum Gasteiger partial charge on any atom is 0.350 e. The van der Waals surface area contributed by atoms with E-state index in [9.17, 15) is 9.59 Å². The van der Waals surface area contributed by atoms with Crippen molar-refractivity contribution in [3.8, 4) is 0 Å². The van der Waals surface area contributed by atoms with Gasteiger partial charge in [-0.3, -0.25) is 10.1 Å². The molecule has 0 atom stereocenters. The lowest BCUT2D eigenvalue weighted by Crippen LogP contribution is -2.12. The molecule has 0 saturated carbocycles. The summed E-state index contributed by atoms with van der Waals surface area (Å²) in [6.07, 6.45) is 0. The van der Waals surface area contributed by atoms with Crippen LogP contribution in [0.15, 0.2) is 18.2 Å². The average molecular weight is 359 g/mol. The number of hydrogen-bond donors (Lipinski definition) is 1. The fourth-order valence-corrected chi connectivity index (χ4v) is 3.02. The smallest absolute Gasteiger partial charge is 0.350 e. The largest absolute Gasteiger partial charge is 0.462 e. The van der Waals surface area contributed by atoms with E-state index in [-0.39, 0.29) is 17.2 Å². The molecule has 0 aliphatic heterocycles. The molecule has 0 radical (unpaired) electrons. The molecule has 2 aromatic rings. The second-order valence-electron chi connectivity index (χ2n) is 4.23. The molecule has 0 saturated heterocycles. The minimum absolute atomic E-state index is 0.240. The van der Waals surface area contributed by atoms with Gasteiger partial charge >= 0.3 is 5.97 Å². The van der Waals surface area contributed by atoms with Crippen LogP contribution < -0.4 is 5.32 Å². The van der Waals surface area contributed by atoms with Crippen LogP contribution in [0.3, 0.4) is 0 Å². The van der Waals surface area contributed by atoms with Crippen molar-refractivity contribution in [1.82, 2.24) is 4.98 Å². The van der Waals surface area contributed by atoms with Crippen molar-refractivity contribution in [3.05, 3.63) is 44.4 Å². The van der Waals surface area contributed by atoms with Crippen LogP contribution in [0.5, 0.6) is 0 Å². The number of amides is 1. The van der Waals surface area contributed by atoms with Gasteiger partial charge in [0.25, 0.3) is 5.91 Å². The first-order valence-electron chi connectivity index (χ1n) is 6.33. The number of esters is 1. The standard InChI is InChI=1S/C14H12Cl2N2O3S/c1-3-21-13(20)11-7(2)17-14(22-11)18-12(19)9-5-4-8(15)6-10(9)16/h4-6H,3H2,1-2H3,(H,17,18,19). The molecule has 2 rings (SSSR count). The van der Waals surface area contributed by atoms with Gasteiger partial charge in [-0.2, -0.15) is 0 Å². The predicted molar refractivity (Wildman–Crippen MR) is 87.2 cm³/mol. The lowest BCUT2D eigenvalue weighted by atomic mass is 10.2. The van der Waals surface area contributed by atoms with Crippen LogP contribution in [0.4, 0.5) is 5.13 Å². The lowest BCUT2D eigenvalue weighted by Gasteiger charge is -2.04. The molecule has 5 nitrogen and oxygen atoms in total. The summed E-state index contributed by atoms with van der Waals surface area (Å²) in [6.45, 7) is 3.67.